The largest absolute Gasteiger partial charge is 0.449 e. The summed E-state index contributed by atoms with van der Waals surface area (Å²) in [6, 6.07) is 12.2. The zero-order valence-corrected chi connectivity index (χ0v) is 16.2. The lowest BCUT2D eigenvalue weighted by molar-refractivity contribution is 0.154. The minimum absolute atomic E-state index is 0.239. The molecule has 0 unspecified atom stereocenters. The zero-order valence-electron chi connectivity index (χ0n) is 15.5. The van der Waals surface area contributed by atoms with Crippen LogP contribution in [0.15, 0.2) is 36.4 Å². The summed E-state index contributed by atoms with van der Waals surface area (Å²) in [5, 5.41) is 4.17. The van der Waals surface area contributed by atoms with E-state index in [0.29, 0.717) is 13.0 Å². The molecule has 0 aliphatic carbocycles. The molecule has 142 valence electrons. The number of nitrogens with one attached hydrogen (secondary N) is 1. The van der Waals surface area contributed by atoms with Crippen LogP contribution in [0.5, 0.6) is 0 Å². The molecule has 0 bridgehead atoms. The number of rotatable bonds is 3. The molecule has 1 amide bonds. The van der Waals surface area contributed by atoms with Crippen molar-refractivity contribution in [1.29, 1.82) is 0 Å². The second kappa shape index (κ2) is 8.32. The molecule has 2 aromatic rings. The van der Waals surface area contributed by atoms with Gasteiger partial charge in [-0.25, -0.2) is 4.79 Å². The Morgan fingerprint density at radius 1 is 1.04 bits per heavy atom. The lowest BCUT2D eigenvalue weighted by Gasteiger charge is -2.30. The molecule has 27 heavy (non-hydrogen) atoms. The van der Waals surface area contributed by atoms with Crippen LogP contribution in [-0.2, 0) is 30.4 Å². The van der Waals surface area contributed by atoms with Crippen LogP contribution in [0.2, 0.25) is 5.02 Å². The number of aryl methyl sites for hydroxylation is 1. The lowest BCUT2D eigenvalue weighted by atomic mass is 9.93. The number of carbonyl (C=O) groups excluding carboxylic acids is 1. The van der Waals surface area contributed by atoms with Crippen LogP contribution in [0.4, 0.5) is 10.5 Å². The number of benzene rings is 2. The van der Waals surface area contributed by atoms with Crippen LogP contribution in [-0.4, -0.2) is 32.3 Å². The van der Waals surface area contributed by atoms with E-state index >= 15 is 0 Å². The van der Waals surface area contributed by atoms with Gasteiger partial charge in [0.25, 0.3) is 0 Å². The molecule has 2 aromatic carbocycles. The Balaban J connectivity index is 1.44. The van der Waals surface area contributed by atoms with Crippen molar-refractivity contribution < 1.29 is 9.53 Å². The second-order valence-electron chi connectivity index (χ2n) is 7.25. The molecule has 5 heteroatoms. The van der Waals surface area contributed by atoms with Gasteiger partial charge >= 0.3 is 6.09 Å². The van der Waals surface area contributed by atoms with Crippen molar-refractivity contribution in [3.8, 4) is 0 Å². The number of ether oxygens (including phenoxy) is 1. The maximum absolute atomic E-state index is 12.7. The first kappa shape index (κ1) is 18.3. The molecule has 0 fully saturated rings. The van der Waals surface area contributed by atoms with Crippen LogP contribution < -0.4 is 10.2 Å². The highest BCUT2D eigenvalue weighted by molar-refractivity contribution is 6.30. The molecule has 4 nitrogen and oxygen atoms in total. The monoisotopic (exact) mass is 384 g/mol. The average Bonchev–Trinajstić information content (AvgIpc) is 2.92. The second-order valence-corrected chi connectivity index (χ2v) is 7.68. The first-order chi connectivity index (χ1) is 13.2. The van der Waals surface area contributed by atoms with Crippen molar-refractivity contribution in [2.45, 2.75) is 32.1 Å². The van der Waals surface area contributed by atoms with Crippen molar-refractivity contribution >= 4 is 23.4 Å². The third kappa shape index (κ3) is 4.28. The summed E-state index contributed by atoms with van der Waals surface area (Å²) in [4.78, 5) is 14.5. The summed E-state index contributed by atoms with van der Waals surface area (Å²) in [5.41, 5.74) is 6.22. The minimum atomic E-state index is -0.239. The van der Waals surface area contributed by atoms with E-state index in [9.17, 15) is 4.79 Å². The Morgan fingerprint density at radius 3 is 2.56 bits per heavy atom. The lowest BCUT2D eigenvalue weighted by Crippen LogP contribution is -2.36. The number of fused-ring (bicyclic) bond motifs is 2. The van der Waals surface area contributed by atoms with Crippen molar-refractivity contribution in [3.05, 3.63) is 63.7 Å². The summed E-state index contributed by atoms with van der Waals surface area (Å²) in [7, 11) is 0. The molecular weight excluding hydrogens is 360 g/mol. The van der Waals surface area contributed by atoms with Gasteiger partial charge in [-0.2, -0.15) is 0 Å². The van der Waals surface area contributed by atoms with Crippen LogP contribution in [0.3, 0.4) is 0 Å². The van der Waals surface area contributed by atoms with E-state index in [1.165, 1.54) is 16.7 Å². The maximum atomic E-state index is 12.7. The molecule has 0 saturated heterocycles. The fraction of sp³-hybridized carbons (Fsp3) is 0.409. The molecule has 2 aliphatic heterocycles. The van der Waals surface area contributed by atoms with Crippen molar-refractivity contribution in [2.75, 3.05) is 31.1 Å². The number of anilines is 1. The van der Waals surface area contributed by atoms with E-state index in [1.807, 2.05) is 29.2 Å². The van der Waals surface area contributed by atoms with E-state index in [1.54, 1.807) is 0 Å². The van der Waals surface area contributed by atoms with Crippen LogP contribution in [0.25, 0.3) is 0 Å². The summed E-state index contributed by atoms with van der Waals surface area (Å²) >= 11 is 5.91. The van der Waals surface area contributed by atoms with Gasteiger partial charge < -0.3 is 10.1 Å². The number of amides is 1. The zero-order chi connectivity index (χ0) is 18.6. The highest BCUT2D eigenvalue weighted by atomic mass is 35.5. The predicted molar refractivity (Wildman–Crippen MR) is 109 cm³/mol. The minimum Gasteiger partial charge on any atom is -0.449 e. The molecule has 4 rings (SSSR count). The molecule has 0 aromatic heterocycles. The Morgan fingerprint density at radius 2 is 1.78 bits per heavy atom. The first-order valence-electron chi connectivity index (χ1n) is 9.75. The third-order valence-corrected chi connectivity index (χ3v) is 5.66. The fourth-order valence-electron chi connectivity index (χ4n) is 3.94. The number of halogens is 1. The highest BCUT2D eigenvalue weighted by Crippen LogP contribution is 2.32. The summed E-state index contributed by atoms with van der Waals surface area (Å²) in [6.07, 6.45) is 4.55. The Hall–Kier alpha value is -2.04. The van der Waals surface area contributed by atoms with E-state index in [2.05, 4.69) is 17.4 Å². The summed E-state index contributed by atoms with van der Waals surface area (Å²) < 4.78 is 5.58. The average molecular weight is 385 g/mol. The van der Waals surface area contributed by atoms with E-state index in [4.69, 9.17) is 16.3 Å². The molecule has 2 heterocycles. The Kier molecular flexibility index (Phi) is 5.65. The first-order valence-corrected chi connectivity index (χ1v) is 10.1. The third-order valence-electron chi connectivity index (χ3n) is 5.41. The number of hydrogen-bond donors (Lipinski definition) is 1. The van der Waals surface area contributed by atoms with Gasteiger partial charge in [-0.1, -0.05) is 29.8 Å². The van der Waals surface area contributed by atoms with Crippen molar-refractivity contribution in [2.24, 2.45) is 0 Å². The molecule has 0 saturated carbocycles. The summed E-state index contributed by atoms with van der Waals surface area (Å²) in [6.45, 7) is 3.13. The standard InChI is InChI=1S/C22H25ClN2O2/c23-20-5-3-16(4-6-20)9-13-27-22(26)25-12-1-2-19-14-17-7-10-24-11-8-18(17)15-21(19)25/h3-6,14-15,24H,1-2,7-13H2. The fourth-order valence-corrected chi connectivity index (χ4v) is 4.06. The number of carbonyl (C=O) groups is 1. The van der Waals surface area contributed by atoms with Crippen molar-refractivity contribution in [3.63, 3.8) is 0 Å². The molecule has 0 atom stereocenters. The summed E-state index contributed by atoms with van der Waals surface area (Å²) in [5.74, 6) is 0. The van der Waals surface area contributed by atoms with Gasteiger partial charge in [0.15, 0.2) is 0 Å². The number of hydrogen-bond acceptors (Lipinski definition) is 3. The molecule has 0 radical (unpaired) electrons. The van der Waals surface area contributed by atoms with Crippen molar-refractivity contribution in [1.82, 2.24) is 5.32 Å². The van der Waals surface area contributed by atoms with Gasteiger partial charge in [-0.3, -0.25) is 4.90 Å². The maximum Gasteiger partial charge on any atom is 0.414 e. The molecule has 1 N–H and O–H groups in total. The smallest absolute Gasteiger partial charge is 0.414 e. The molecule has 2 aliphatic rings. The topological polar surface area (TPSA) is 41.6 Å². The van der Waals surface area contributed by atoms with Gasteiger partial charge in [0.05, 0.1) is 12.3 Å². The van der Waals surface area contributed by atoms with E-state index in [0.717, 1.165) is 61.6 Å². The van der Waals surface area contributed by atoms with E-state index in [-0.39, 0.29) is 6.09 Å². The quantitative estimate of drug-likeness (QED) is 0.863. The van der Waals surface area contributed by atoms with Crippen LogP contribution in [0, 0.1) is 0 Å². The predicted octanol–water partition coefficient (Wildman–Crippen LogP) is 4.16. The van der Waals surface area contributed by atoms with E-state index < -0.39 is 0 Å². The van der Waals surface area contributed by atoms with Crippen LogP contribution in [0.1, 0.15) is 28.7 Å². The van der Waals surface area contributed by atoms with Gasteiger partial charge in [-0.15, -0.1) is 0 Å². The Bertz CT molecular complexity index is 820. The SMILES string of the molecule is O=C(OCCc1ccc(Cl)cc1)N1CCCc2cc3c(cc21)CCNCC3. The molecule has 0 spiro atoms. The van der Waals surface area contributed by atoms with Gasteiger partial charge in [0, 0.05) is 18.0 Å². The van der Waals surface area contributed by atoms with Gasteiger partial charge in [-0.05, 0) is 79.2 Å². The van der Waals surface area contributed by atoms with Gasteiger partial charge in [0.1, 0.15) is 0 Å². The van der Waals surface area contributed by atoms with Gasteiger partial charge in [0.2, 0.25) is 0 Å². The normalized spacial score (nSPS) is 16.3. The molecular formula is C22H25ClN2O2. The highest BCUT2D eigenvalue weighted by Gasteiger charge is 2.25. The Labute approximate surface area is 165 Å². The number of nitrogens with zero attached hydrogens (tertiary/aromatic N) is 1. The van der Waals surface area contributed by atoms with Crippen LogP contribution >= 0.6 is 11.6 Å².